The highest BCUT2D eigenvalue weighted by molar-refractivity contribution is 5.93. The fourth-order valence-corrected chi connectivity index (χ4v) is 4.34. The number of para-hydroxylation sites is 3. The van der Waals surface area contributed by atoms with Gasteiger partial charge in [0.25, 0.3) is 0 Å². The molecule has 3 aromatic carbocycles. The van der Waals surface area contributed by atoms with Gasteiger partial charge in [0.1, 0.15) is 23.7 Å². The first-order chi connectivity index (χ1) is 19.2. The lowest BCUT2D eigenvalue weighted by Gasteiger charge is -2.29. The van der Waals surface area contributed by atoms with Crippen LogP contribution in [0.5, 0.6) is 5.75 Å². The molecule has 0 radical (unpaired) electrons. The maximum Gasteiger partial charge on any atom is 0.322 e. The number of ether oxygens (including phenoxy) is 1. The van der Waals surface area contributed by atoms with Crippen molar-refractivity contribution < 1.29 is 23.1 Å². The molecule has 0 aliphatic rings. The molecule has 0 aliphatic carbocycles. The number of hydrogen-bond donors (Lipinski definition) is 1. The molecule has 4 aromatic rings. The molecule has 208 valence electrons. The first-order valence-corrected chi connectivity index (χ1v) is 13.0. The molecule has 4 rings (SSSR count). The second-order valence-electron chi connectivity index (χ2n) is 9.87. The molecule has 0 unspecified atom stereocenters. The monoisotopic (exact) mass is 545 g/mol. The maximum atomic E-state index is 13.7. The number of urea groups is 1. The van der Waals surface area contributed by atoms with Crippen molar-refractivity contribution >= 4 is 28.6 Å². The molecule has 0 bridgehead atoms. The van der Waals surface area contributed by atoms with Crippen LogP contribution < -0.4 is 15.5 Å². The van der Waals surface area contributed by atoms with Crippen molar-refractivity contribution in [3.8, 4) is 5.75 Å². The Morgan fingerprint density at radius 1 is 0.950 bits per heavy atom. The van der Waals surface area contributed by atoms with Gasteiger partial charge in [-0.2, -0.15) is 0 Å². The zero-order valence-corrected chi connectivity index (χ0v) is 22.7. The van der Waals surface area contributed by atoms with E-state index in [1.54, 1.807) is 60.7 Å². The van der Waals surface area contributed by atoms with Gasteiger partial charge < -0.3 is 24.3 Å². The van der Waals surface area contributed by atoms with Crippen LogP contribution in [-0.2, 0) is 17.9 Å². The van der Waals surface area contributed by atoms with E-state index in [4.69, 9.17) is 9.15 Å². The molecular formula is C31H32FN3O5. The summed E-state index contributed by atoms with van der Waals surface area (Å²) in [7, 11) is 1.51. The molecule has 8 nitrogen and oxygen atoms in total. The number of nitrogens with one attached hydrogen (secondary N) is 1. The highest BCUT2D eigenvalue weighted by Gasteiger charge is 2.24. The SMILES string of the molecule is COc1ccccc1NC(=O)N(CC(=O)N(Cc1ccc(F)cc1)Cc1coc2ccccc2c1=O)CC(C)C. The molecule has 1 aromatic heterocycles. The summed E-state index contributed by atoms with van der Waals surface area (Å²) in [6.07, 6.45) is 1.36. The Bertz CT molecular complexity index is 1530. The van der Waals surface area contributed by atoms with E-state index in [1.165, 1.54) is 35.3 Å². The first-order valence-electron chi connectivity index (χ1n) is 13.0. The van der Waals surface area contributed by atoms with Crippen LogP contribution in [0.3, 0.4) is 0 Å². The average Bonchev–Trinajstić information content (AvgIpc) is 2.95. The summed E-state index contributed by atoms with van der Waals surface area (Å²) < 4.78 is 24.5. The molecule has 0 aliphatic heterocycles. The van der Waals surface area contributed by atoms with Crippen LogP contribution in [0, 0.1) is 11.7 Å². The zero-order chi connectivity index (χ0) is 28.6. The second-order valence-corrected chi connectivity index (χ2v) is 9.87. The minimum atomic E-state index is -0.460. The van der Waals surface area contributed by atoms with Crippen molar-refractivity contribution in [1.29, 1.82) is 0 Å². The van der Waals surface area contributed by atoms with E-state index in [-0.39, 0.29) is 36.9 Å². The predicted molar refractivity (Wildman–Crippen MR) is 152 cm³/mol. The molecular weight excluding hydrogens is 513 g/mol. The first kappa shape index (κ1) is 28.4. The number of hydrogen-bond acceptors (Lipinski definition) is 5. The summed E-state index contributed by atoms with van der Waals surface area (Å²) in [6.45, 7) is 4.03. The standard InChI is InChI=1S/C31H32FN3O5/c1-21(2)16-35(31(38)33-26-9-5-7-11-28(26)39-3)19-29(36)34(17-22-12-14-24(32)15-13-22)18-23-20-40-27-10-6-4-8-25(27)30(23)37/h4-15,20-21H,16-19H2,1-3H3,(H,33,38). The summed E-state index contributed by atoms with van der Waals surface area (Å²) in [6, 6.07) is 19.2. The van der Waals surface area contributed by atoms with Crippen molar-refractivity contribution in [2.45, 2.75) is 26.9 Å². The Balaban J connectivity index is 1.61. The van der Waals surface area contributed by atoms with E-state index in [1.807, 2.05) is 13.8 Å². The molecule has 1 heterocycles. The summed E-state index contributed by atoms with van der Waals surface area (Å²) in [4.78, 5) is 43.1. The van der Waals surface area contributed by atoms with Crippen LogP contribution >= 0.6 is 0 Å². The van der Waals surface area contributed by atoms with Gasteiger partial charge in [-0.1, -0.05) is 50.2 Å². The minimum Gasteiger partial charge on any atom is -0.495 e. The van der Waals surface area contributed by atoms with E-state index in [0.29, 0.717) is 40.1 Å². The Hall–Kier alpha value is -4.66. The largest absolute Gasteiger partial charge is 0.495 e. The fraction of sp³-hybridized carbons (Fsp3) is 0.258. The molecule has 0 fully saturated rings. The van der Waals surface area contributed by atoms with Gasteiger partial charge in [0, 0.05) is 13.1 Å². The Labute approximate surface area is 232 Å². The van der Waals surface area contributed by atoms with Gasteiger partial charge in [-0.05, 0) is 47.9 Å². The van der Waals surface area contributed by atoms with E-state index in [9.17, 15) is 18.8 Å². The fourth-order valence-electron chi connectivity index (χ4n) is 4.34. The summed E-state index contributed by atoms with van der Waals surface area (Å²) >= 11 is 0. The normalized spacial score (nSPS) is 10.9. The Morgan fingerprint density at radius 2 is 1.65 bits per heavy atom. The number of methoxy groups -OCH3 is 1. The lowest BCUT2D eigenvalue weighted by Crippen LogP contribution is -2.45. The van der Waals surface area contributed by atoms with Gasteiger partial charge in [0.05, 0.1) is 36.6 Å². The molecule has 1 N–H and O–H groups in total. The third kappa shape index (κ3) is 7.05. The number of fused-ring (bicyclic) bond motifs is 1. The number of carbonyl (C=O) groups is 2. The van der Waals surface area contributed by atoms with E-state index >= 15 is 0 Å². The van der Waals surface area contributed by atoms with Crippen molar-refractivity contribution in [3.05, 3.63) is 106 Å². The Morgan fingerprint density at radius 3 is 2.38 bits per heavy atom. The number of nitrogens with zero attached hydrogens (tertiary/aromatic N) is 2. The number of anilines is 1. The van der Waals surface area contributed by atoms with Gasteiger partial charge in [-0.15, -0.1) is 0 Å². The number of rotatable bonds is 10. The lowest BCUT2D eigenvalue weighted by atomic mass is 10.1. The van der Waals surface area contributed by atoms with Crippen LogP contribution in [0.2, 0.25) is 0 Å². The average molecular weight is 546 g/mol. The third-order valence-electron chi connectivity index (χ3n) is 6.30. The van der Waals surface area contributed by atoms with Gasteiger partial charge in [0.2, 0.25) is 5.91 Å². The molecule has 0 saturated carbocycles. The van der Waals surface area contributed by atoms with Crippen LogP contribution in [-0.4, -0.2) is 41.9 Å². The van der Waals surface area contributed by atoms with E-state index in [0.717, 1.165) is 0 Å². The van der Waals surface area contributed by atoms with Gasteiger partial charge >= 0.3 is 6.03 Å². The van der Waals surface area contributed by atoms with Crippen molar-refractivity contribution in [2.75, 3.05) is 25.5 Å². The third-order valence-corrected chi connectivity index (χ3v) is 6.30. The van der Waals surface area contributed by atoms with Gasteiger partial charge in [-0.3, -0.25) is 9.59 Å². The summed E-state index contributed by atoms with van der Waals surface area (Å²) in [5, 5.41) is 3.24. The zero-order valence-electron chi connectivity index (χ0n) is 22.7. The minimum absolute atomic E-state index is 0.0486. The molecule has 3 amide bonds. The second kappa shape index (κ2) is 12.9. The quantitative estimate of drug-likeness (QED) is 0.278. The predicted octanol–water partition coefficient (Wildman–Crippen LogP) is 5.66. The van der Waals surface area contributed by atoms with Gasteiger partial charge in [-0.25, -0.2) is 9.18 Å². The lowest BCUT2D eigenvalue weighted by molar-refractivity contribution is -0.133. The van der Waals surface area contributed by atoms with Crippen LogP contribution in [0.15, 0.2) is 88.3 Å². The molecule has 0 saturated heterocycles. The smallest absolute Gasteiger partial charge is 0.322 e. The molecule has 0 spiro atoms. The molecule has 9 heteroatoms. The number of halogens is 1. The van der Waals surface area contributed by atoms with Gasteiger partial charge in [0.15, 0.2) is 5.43 Å². The summed E-state index contributed by atoms with van der Waals surface area (Å²) in [5.41, 5.74) is 1.65. The number of benzene rings is 3. The van der Waals surface area contributed by atoms with E-state index in [2.05, 4.69) is 5.32 Å². The highest BCUT2D eigenvalue weighted by atomic mass is 19.1. The molecule has 40 heavy (non-hydrogen) atoms. The topological polar surface area (TPSA) is 92.1 Å². The van der Waals surface area contributed by atoms with Crippen molar-refractivity contribution in [1.82, 2.24) is 9.80 Å². The van der Waals surface area contributed by atoms with Crippen molar-refractivity contribution in [3.63, 3.8) is 0 Å². The van der Waals surface area contributed by atoms with Crippen LogP contribution in [0.25, 0.3) is 11.0 Å². The Kier molecular flexibility index (Phi) is 9.16. The maximum absolute atomic E-state index is 13.7. The highest BCUT2D eigenvalue weighted by Crippen LogP contribution is 2.23. The van der Waals surface area contributed by atoms with Crippen LogP contribution in [0.1, 0.15) is 25.0 Å². The van der Waals surface area contributed by atoms with Crippen molar-refractivity contribution in [2.24, 2.45) is 5.92 Å². The summed E-state index contributed by atoms with van der Waals surface area (Å²) in [5.74, 6) is -0.206. The van der Waals surface area contributed by atoms with Crippen LogP contribution in [0.4, 0.5) is 14.9 Å². The molecule has 0 atom stereocenters. The van der Waals surface area contributed by atoms with E-state index < -0.39 is 11.8 Å². The number of carbonyl (C=O) groups excluding carboxylic acids is 2. The number of amides is 3.